The summed E-state index contributed by atoms with van der Waals surface area (Å²) < 4.78 is 5.29. The standard InChI is InChI=1S/C15H29N3O2.2ClH/c1-13-4-9-18(10-5-13)8-3-2-6-17-15(19)14-12-20-11-7-16-14;;/h13-14,16H,2-12H2,1H3,(H,17,19);2*1H. The number of rotatable bonds is 6. The molecule has 0 radical (unpaired) electrons. The molecule has 0 aliphatic carbocycles. The van der Waals surface area contributed by atoms with Crippen LogP contribution in [0.1, 0.15) is 32.6 Å². The van der Waals surface area contributed by atoms with Crippen molar-refractivity contribution in [2.45, 2.75) is 38.6 Å². The molecule has 2 saturated heterocycles. The largest absolute Gasteiger partial charge is 0.378 e. The molecule has 0 aromatic heterocycles. The van der Waals surface area contributed by atoms with Crippen molar-refractivity contribution in [1.29, 1.82) is 0 Å². The maximum Gasteiger partial charge on any atom is 0.239 e. The highest BCUT2D eigenvalue weighted by atomic mass is 35.5. The van der Waals surface area contributed by atoms with Crippen molar-refractivity contribution in [3.63, 3.8) is 0 Å². The molecule has 1 amide bonds. The normalized spacial score (nSPS) is 23.2. The molecule has 2 aliphatic rings. The van der Waals surface area contributed by atoms with E-state index in [1.54, 1.807) is 0 Å². The zero-order chi connectivity index (χ0) is 14.2. The third-order valence-electron chi connectivity index (χ3n) is 4.31. The third-order valence-corrected chi connectivity index (χ3v) is 4.31. The summed E-state index contributed by atoms with van der Waals surface area (Å²) >= 11 is 0. The second-order valence-electron chi connectivity index (χ2n) is 6.10. The second kappa shape index (κ2) is 12.4. The first-order valence-corrected chi connectivity index (χ1v) is 8.07. The lowest BCUT2D eigenvalue weighted by Crippen LogP contribution is -2.51. The number of likely N-dealkylation sites (tertiary alicyclic amines) is 1. The number of hydrogen-bond donors (Lipinski definition) is 2. The number of carbonyl (C=O) groups excluding carboxylic acids is 1. The minimum Gasteiger partial charge on any atom is -0.378 e. The van der Waals surface area contributed by atoms with Crippen LogP contribution in [0.3, 0.4) is 0 Å². The molecular formula is C15H31Cl2N3O2. The van der Waals surface area contributed by atoms with Crippen LogP contribution in [-0.2, 0) is 9.53 Å². The molecular weight excluding hydrogens is 325 g/mol. The van der Waals surface area contributed by atoms with Gasteiger partial charge in [0.1, 0.15) is 6.04 Å². The molecule has 1 atom stereocenters. The first kappa shape index (κ1) is 21.9. The summed E-state index contributed by atoms with van der Waals surface area (Å²) in [4.78, 5) is 14.4. The van der Waals surface area contributed by atoms with E-state index >= 15 is 0 Å². The summed E-state index contributed by atoms with van der Waals surface area (Å²) in [5, 5.41) is 6.17. The number of hydrogen-bond acceptors (Lipinski definition) is 4. The smallest absolute Gasteiger partial charge is 0.239 e. The first-order chi connectivity index (χ1) is 9.75. The van der Waals surface area contributed by atoms with Crippen molar-refractivity contribution >= 4 is 30.7 Å². The molecule has 2 fully saturated rings. The van der Waals surface area contributed by atoms with Gasteiger partial charge in [-0.1, -0.05) is 6.92 Å². The number of halogens is 2. The van der Waals surface area contributed by atoms with Crippen molar-refractivity contribution in [1.82, 2.24) is 15.5 Å². The Morgan fingerprint density at radius 3 is 2.64 bits per heavy atom. The van der Waals surface area contributed by atoms with Gasteiger partial charge in [0.05, 0.1) is 13.2 Å². The molecule has 5 nitrogen and oxygen atoms in total. The van der Waals surface area contributed by atoms with Crippen molar-refractivity contribution in [3.8, 4) is 0 Å². The van der Waals surface area contributed by atoms with Gasteiger partial charge in [-0.15, -0.1) is 24.8 Å². The van der Waals surface area contributed by atoms with E-state index in [1.165, 1.54) is 38.9 Å². The molecule has 0 aromatic rings. The summed E-state index contributed by atoms with van der Waals surface area (Å²) in [6.07, 6.45) is 4.91. The van der Waals surface area contributed by atoms with E-state index in [0.717, 1.165) is 25.4 Å². The van der Waals surface area contributed by atoms with Crippen LogP contribution in [0.4, 0.5) is 0 Å². The highest BCUT2D eigenvalue weighted by molar-refractivity contribution is 5.85. The first-order valence-electron chi connectivity index (χ1n) is 8.07. The monoisotopic (exact) mass is 355 g/mol. The van der Waals surface area contributed by atoms with Crippen LogP contribution in [-0.4, -0.2) is 62.8 Å². The van der Waals surface area contributed by atoms with Crippen molar-refractivity contribution in [2.24, 2.45) is 5.92 Å². The van der Waals surface area contributed by atoms with Gasteiger partial charge in [-0.3, -0.25) is 4.79 Å². The molecule has 0 spiro atoms. The van der Waals surface area contributed by atoms with Crippen molar-refractivity contribution in [3.05, 3.63) is 0 Å². The summed E-state index contributed by atoms with van der Waals surface area (Å²) in [7, 11) is 0. The number of carbonyl (C=O) groups is 1. The molecule has 2 rings (SSSR count). The lowest BCUT2D eigenvalue weighted by Gasteiger charge is -2.30. The maximum atomic E-state index is 11.8. The van der Waals surface area contributed by atoms with Gasteiger partial charge in [-0.2, -0.15) is 0 Å². The lowest BCUT2D eigenvalue weighted by atomic mass is 9.99. The van der Waals surface area contributed by atoms with Crippen LogP contribution in [0.25, 0.3) is 0 Å². The highest BCUT2D eigenvalue weighted by Crippen LogP contribution is 2.15. The number of piperidine rings is 1. The summed E-state index contributed by atoms with van der Waals surface area (Å²) in [5.41, 5.74) is 0. The van der Waals surface area contributed by atoms with E-state index in [2.05, 4.69) is 22.5 Å². The molecule has 132 valence electrons. The molecule has 2 heterocycles. The predicted molar refractivity (Wildman–Crippen MR) is 94.2 cm³/mol. The fourth-order valence-electron chi connectivity index (χ4n) is 2.81. The van der Waals surface area contributed by atoms with Gasteiger partial charge >= 0.3 is 0 Å². The second-order valence-corrected chi connectivity index (χ2v) is 6.10. The average Bonchev–Trinajstić information content (AvgIpc) is 2.49. The van der Waals surface area contributed by atoms with Crippen LogP contribution in [0.2, 0.25) is 0 Å². The van der Waals surface area contributed by atoms with E-state index in [1.807, 2.05) is 0 Å². The quantitative estimate of drug-likeness (QED) is 0.708. The molecule has 0 saturated carbocycles. The van der Waals surface area contributed by atoms with E-state index in [-0.39, 0.29) is 36.8 Å². The Labute approximate surface area is 146 Å². The fourth-order valence-corrected chi connectivity index (χ4v) is 2.81. The Morgan fingerprint density at radius 1 is 1.27 bits per heavy atom. The number of nitrogens with one attached hydrogen (secondary N) is 2. The predicted octanol–water partition coefficient (Wildman–Crippen LogP) is 1.45. The maximum absolute atomic E-state index is 11.8. The molecule has 22 heavy (non-hydrogen) atoms. The van der Waals surface area contributed by atoms with E-state index in [4.69, 9.17) is 4.74 Å². The third kappa shape index (κ3) is 7.97. The topological polar surface area (TPSA) is 53.6 Å². The zero-order valence-corrected chi connectivity index (χ0v) is 15.1. The minimum absolute atomic E-state index is 0. The van der Waals surface area contributed by atoms with Gasteiger partial charge in [0, 0.05) is 13.1 Å². The molecule has 0 bridgehead atoms. The number of morpholine rings is 1. The van der Waals surface area contributed by atoms with Gasteiger partial charge < -0.3 is 20.3 Å². The Hall–Kier alpha value is -0.0700. The molecule has 2 aliphatic heterocycles. The van der Waals surface area contributed by atoms with Gasteiger partial charge in [-0.05, 0) is 51.2 Å². The lowest BCUT2D eigenvalue weighted by molar-refractivity contribution is -0.125. The molecule has 0 aromatic carbocycles. The summed E-state index contributed by atoms with van der Waals surface area (Å²) in [6, 6.07) is -0.160. The average molecular weight is 356 g/mol. The van der Waals surface area contributed by atoms with Crippen LogP contribution >= 0.6 is 24.8 Å². The highest BCUT2D eigenvalue weighted by Gasteiger charge is 2.20. The fraction of sp³-hybridized carbons (Fsp3) is 0.933. The number of amides is 1. The Bertz CT molecular complexity index is 295. The van der Waals surface area contributed by atoms with Crippen molar-refractivity contribution in [2.75, 3.05) is 45.9 Å². The van der Waals surface area contributed by atoms with Crippen LogP contribution in [0.5, 0.6) is 0 Å². The van der Waals surface area contributed by atoms with Crippen LogP contribution in [0.15, 0.2) is 0 Å². The minimum atomic E-state index is -0.160. The molecule has 1 unspecified atom stereocenters. The summed E-state index contributed by atoms with van der Waals surface area (Å²) in [6.45, 7) is 8.76. The Balaban J connectivity index is 0.00000220. The zero-order valence-electron chi connectivity index (χ0n) is 13.5. The number of nitrogens with zero attached hydrogens (tertiary/aromatic N) is 1. The Morgan fingerprint density at radius 2 is 2.00 bits per heavy atom. The van der Waals surface area contributed by atoms with E-state index < -0.39 is 0 Å². The van der Waals surface area contributed by atoms with Gasteiger partial charge in [-0.25, -0.2) is 0 Å². The molecule has 7 heteroatoms. The van der Waals surface area contributed by atoms with Crippen molar-refractivity contribution < 1.29 is 9.53 Å². The number of unbranched alkanes of at least 4 members (excludes halogenated alkanes) is 1. The van der Waals surface area contributed by atoms with Gasteiger partial charge in [0.25, 0.3) is 0 Å². The van der Waals surface area contributed by atoms with E-state index in [0.29, 0.717) is 13.2 Å². The Kier molecular flexibility index (Phi) is 12.3. The van der Waals surface area contributed by atoms with Gasteiger partial charge in [0.15, 0.2) is 0 Å². The summed E-state index contributed by atoms with van der Waals surface area (Å²) in [5.74, 6) is 0.979. The number of ether oxygens (including phenoxy) is 1. The van der Waals surface area contributed by atoms with Crippen LogP contribution < -0.4 is 10.6 Å². The van der Waals surface area contributed by atoms with Crippen LogP contribution in [0, 0.1) is 5.92 Å². The molecule has 2 N–H and O–H groups in total. The SMILES string of the molecule is CC1CCN(CCCCNC(=O)C2COCCN2)CC1.Cl.Cl. The van der Waals surface area contributed by atoms with E-state index in [9.17, 15) is 4.79 Å². The van der Waals surface area contributed by atoms with Gasteiger partial charge in [0.2, 0.25) is 5.91 Å².